The monoisotopic (exact) mass is 379 g/mol. The first-order chi connectivity index (χ1) is 10.7. The summed E-state index contributed by atoms with van der Waals surface area (Å²) in [7, 11) is -6.07. The molecule has 0 N–H and O–H groups in total. The molecule has 1 aliphatic rings. The van der Waals surface area contributed by atoms with Crippen molar-refractivity contribution in [2.45, 2.75) is 31.7 Å². The molecule has 0 aromatic carbocycles. The van der Waals surface area contributed by atoms with Crippen molar-refractivity contribution in [1.29, 1.82) is 0 Å². The first-order valence-electron chi connectivity index (χ1n) is 5.95. The number of halogens is 6. The van der Waals surface area contributed by atoms with Crippen molar-refractivity contribution in [3.63, 3.8) is 0 Å². The second kappa shape index (κ2) is 5.46. The van der Waals surface area contributed by atoms with Crippen molar-refractivity contribution in [2.75, 3.05) is 0 Å². The number of alkyl halides is 6. The number of carbonyl (C=O) groups is 1. The summed E-state index contributed by atoms with van der Waals surface area (Å²) in [6.45, 7) is -0.336. The minimum atomic E-state index is -6.07. The van der Waals surface area contributed by atoms with Gasteiger partial charge >= 0.3 is 27.7 Å². The highest BCUT2D eigenvalue weighted by molar-refractivity contribution is 7.87. The van der Waals surface area contributed by atoms with Crippen LogP contribution in [0.5, 0.6) is 5.88 Å². The summed E-state index contributed by atoms with van der Waals surface area (Å²) in [4.78, 5) is 18.5. The number of carbonyl (C=O) groups excluding carboxylic acids is 1. The molecular weight excluding hydrogens is 372 g/mol. The molecule has 0 radical (unpaired) electrons. The lowest BCUT2D eigenvalue weighted by molar-refractivity contribution is -0.186. The minimum absolute atomic E-state index is 0.229. The zero-order valence-corrected chi connectivity index (χ0v) is 12.4. The van der Waals surface area contributed by atoms with E-state index in [4.69, 9.17) is 0 Å². The van der Waals surface area contributed by atoms with E-state index in [0.717, 1.165) is 0 Å². The number of rotatable bonds is 2. The second-order valence-corrected chi connectivity index (χ2v) is 6.18. The number of fused-ring (bicyclic) bond motifs is 1. The van der Waals surface area contributed by atoms with Crippen LogP contribution in [0.2, 0.25) is 0 Å². The van der Waals surface area contributed by atoms with Crippen LogP contribution in [0.4, 0.5) is 26.3 Å². The Morgan fingerprint density at radius 2 is 1.71 bits per heavy atom. The Hall–Kier alpha value is -2.12. The quantitative estimate of drug-likeness (QED) is 0.439. The van der Waals surface area contributed by atoms with E-state index < -0.39 is 52.2 Å². The third-order valence-electron chi connectivity index (χ3n) is 2.86. The Bertz CT molecular complexity index is 789. The summed E-state index contributed by atoms with van der Waals surface area (Å²) in [5, 5.41) is 0. The van der Waals surface area contributed by atoms with Gasteiger partial charge in [-0.1, -0.05) is 0 Å². The molecule has 1 aromatic heterocycles. The molecular formula is C10H7F6N3O4S. The lowest BCUT2D eigenvalue weighted by Gasteiger charge is -2.16. The van der Waals surface area contributed by atoms with Crippen molar-refractivity contribution >= 4 is 16.0 Å². The molecule has 0 unspecified atom stereocenters. The maximum atomic E-state index is 12.4. The molecule has 0 aliphatic carbocycles. The van der Waals surface area contributed by atoms with Gasteiger partial charge in [-0.3, -0.25) is 4.79 Å². The average molecular weight is 379 g/mol. The highest BCUT2D eigenvalue weighted by Crippen LogP contribution is 2.34. The molecule has 24 heavy (non-hydrogen) atoms. The van der Waals surface area contributed by atoms with E-state index in [0.29, 0.717) is 0 Å². The van der Waals surface area contributed by atoms with Crippen LogP contribution in [0.15, 0.2) is 0 Å². The van der Waals surface area contributed by atoms with E-state index in [9.17, 15) is 39.6 Å². The topological polar surface area (TPSA) is 89.5 Å². The van der Waals surface area contributed by atoms with Gasteiger partial charge in [-0.15, -0.1) is 0 Å². The van der Waals surface area contributed by atoms with Crippen LogP contribution in [0.1, 0.15) is 17.1 Å². The predicted octanol–water partition coefficient (Wildman–Crippen LogP) is 1.42. The van der Waals surface area contributed by atoms with Crippen molar-refractivity contribution in [3.05, 3.63) is 17.1 Å². The molecule has 1 aliphatic heterocycles. The highest BCUT2D eigenvalue weighted by Gasteiger charge is 2.50. The third kappa shape index (κ3) is 3.37. The molecule has 14 heteroatoms. The summed E-state index contributed by atoms with van der Waals surface area (Å²) in [5.41, 5.74) is -6.42. The molecule has 2 heterocycles. The van der Waals surface area contributed by atoms with Crippen LogP contribution in [0.3, 0.4) is 0 Å². The molecule has 0 atom stereocenters. The number of aromatic nitrogens is 2. The molecule has 1 aromatic rings. The van der Waals surface area contributed by atoms with Crippen molar-refractivity contribution in [3.8, 4) is 5.88 Å². The van der Waals surface area contributed by atoms with E-state index >= 15 is 0 Å². The predicted molar refractivity (Wildman–Crippen MR) is 62.7 cm³/mol. The summed E-state index contributed by atoms with van der Waals surface area (Å²) in [5.74, 6) is -3.54. The van der Waals surface area contributed by atoms with E-state index in [1.54, 1.807) is 0 Å². The Morgan fingerprint density at radius 1 is 1.12 bits per heavy atom. The van der Waals surface area contributed by atoms with Gasteiger partial charge in [0.2, 0.25) is 5.88 Å². The molecule has 0 fully saturated rings. The van der Waals surface area contributed by atoms with Gasteiger partial charge in [0, 0.05) is 0 Å². The van der Waals surface area contributed by atoms with Gasteiger partial charge in [-0.25, -0.2) is 4.98 Å². The van der Waals surface area contributed by atoms with E-state index in [2.05, 4.69) is 14.2 Å². The van der Waals surface area contributed by atoms with Crippen molar-refractivity contribution in [1.82, 2.24) is 14.9 Å². The molecule has 7 nitrogen and oxygen atoms in total. The first-order valence-corrected chi connectivity index (χ1v) is 7.36. The van der Waals surface area contributed by atoms with Gasteiger partial charge in [-0.05, 0) is 6.92 Å². The van der Waals surface area contributed by atoms with Gasteiger partial charge in [0.1, 0.15) is 5.82 Å². The lowest BCUT2D eigenvalue weighted by Crippen LogP contribution is -2.37. The molecule has 0 saturated heterocycles. The summed E-state index contributed by atoms with van der Waals surface area (Å²) in [6.07, 6.45) is -5.20. The average Bonchev–Trinajstić information content (AvgIpc) is 2.78. The maximum Gasteiger partial charge on any atom is 0.534 e. The van der Waals surface area contributed by atoms with Crippen LogP contribution < -0.4 is 4.18 Å². The van der Waals surface area contributed by atoms with E-state index in [1.165, 1.54) is 6.92 Å². The Balaban J connectivity index is 2.39. The number of amides is 1. The van der Waals surface area contributed by atoms with Crippen LogP contribution in [0, 0.1) is 6.92 Å². The first kappa shape index (κ1) is 18.2. The second-order valence-electron chi connectivity index (χ2n) is 4.64. The summed E-state index contributed by atoms with van der Waals surface area (Å²) in [6, 6.07) is 0. The third-order valence-corrected chi connectivity index (χ3v) is 3.80. The molecule has 1 amide bonds. The Kier molecular flexibility index (Phi) is 4.14. The summed E-state index contributed by atoms with van der Waals surface area (Å²) < 4.78 is 100. The molecule has 0 bridgehead atoms. The maximum absolute atomic E-state index is 12.4. The van der Waals surface area contributed by atoms with E-state index in [1.807, 2.05) is 0 Å². The zero-order chi connectivity index (χ0) is 18.5. The normalized spacial score (nSPS) is 15.4. The number of nitrogens with zero attached hydrogens (tertiary/aromatic N) is 3. The molecule has 2 rings (SSSR count). The van der Waals surface area contributed by atoms with Gasteiger partial charge in [-0.2, -0.15) is 39.7 Å². The van der Waals surface area contributed by atoms with Crippen LogP contribution in [-0.2, 0) is 28.0 Å². The number of aryl methyl sites for hydroxylation is 1. The summed E-state index contributed by atoms with van der Waals surface area (Å²) >= 11 is 0. The van der Waals surface area contributed by atoms with Crippen molar-refractivity contribution < 1.29 is 43.7 Å². The standard InChI is InChI=1S/C10H7F6N3O4S/c1-4-17-6-3-19(8(20)9(11,12)13)2-5(6)7(18-4)23-24(21,22)10(14,15)16/h2-3H2,1H3. The zero-order valence-electron chi connectivity index (χ0n) is 11.6. The van der Waals surface area contributed by atoms with Gasteiger partial charge in [0.15, 0.2) is 0 Å². The fraction of sp³-hybridized carbons (Fsp3) is 0.500. The molecule has 134 valence electrons. The van der Waals surface area contributed by atoms with E-state index in [-0.39, 0.29) is 16.4 Å². The Labute approximate surface area is 130 Å². The molecule has 0 spiro atoms. The van der Waals surface area contributed by atoms with Gasteiger partial charge in [0.25, 0.3) is 0 Å². The smallest absolute Gasteiger partial charge is 0.355 e. The number of hydrogen-bond acceptors (Lipinski definition) is 6. The van der Waals surface area contributed by atoms with Crippen LogP contribution >= 0.6 is 0 Å². The largest absolute Gasteiger partial charge is 0.534 e. The van der Waals surface area contributed by atoms with Gasteiger partial charge in [0.05, 0.1) is 24.3 Å². The molecule has 0 saturated carbocycles. The minimum Gasteiger partial charge on any atom is -0.355 e. The lowest BCUT2D eigenvalue weighted by atomic mass is 10.2. The fourth-order valence-corrected chi connectivity index (χ4v) is 2.33. The Morgan fingerprint density at radius 3 is 2.21 bits per heavy atom. The van der Waals surface area contributed by atoms with Crippen molar-refractivity contribution in [2.24, 2.45) is 0 Å². The fourth-order valence-electron chi connectivity index (χ4n) is 1.89. The SMILES string of the molecule is Cc1nc2c(c(OS(=O)(=O)C(F)(F)F)n1)CN(C(=O)C(F)(F)F)C2. The van der Waals surface area contributed by atoms with Crippen LogP contribution in [0.25, 0.3) is 0 Å². The van der Waals surface area contributed by atoms with Gasteiger partial charge < -0.3 is 9.08 Å². The number of hydrogen-bond donors (Lipinski definition) is 0. The van der Waals surface area contributed by atoms with Crippen LogP contribution in [-0.4, -0.2) is 40.9 Å². The highest BCUT2D eigenvalue weighted by atomic mass is 32.2.